The monoisotopic (exact) mass is 454 g/mol. The number of hydrogen-bond acceptors (Lipinski definition) is 6. The molecule has 7 heteroatoms. The summed E-state index contributed by atoms with van der Waals surface area (Å²) in [5.41, 5.74) is 4.41. The summed E-state index contributed by atoms with van der Waals surface area (Å²) in [6, 6.07) is 14.1. The SMILES string of the molecule is COc1cc(Nc2ncc3c(n2)CCN(Cc2cccc(Br)c2)C3)cc(OC)c1. The first-order valence-corrected chi connectivity index (χ1v) is 10.2. The van der Waals surface area contributed by atoms with Crippen molar-refractivity contribution in [1.29, 1.82) is 0 Å². The number of nitrogens with zero attached hydrogens (tertiary/aromatic N) is 3. The third-order valence-electron chi connectivity index (χ3n) is 4.92. The van der Waals surface area contributed by atoms with Crippen LogP contribution >= 0.6 is 15.9 Å². The maximum atomic E-state index is 5.32. The van der Waals surface area contributed by atoms with E-state index in [1.807, 2.05) is 24.4 Å². The molecular formula is C22H23BrN4O2. The second-order valence-electron chi connectivity index (χ2n) is 6.98. The fourth-order valence-electron chi connectivity index (χ4n) is 3.47. The standard InChI is InChI=1S/C22H23BrN4O2/c1-28-19-9-18(10-20(11-19)29-2)25-22-24-12-16-14-27(7-6-21(16)26-22)13-15-4-3-5-17(23)8-15/h3-5,8-12H,6-7,13-14H2,1-2H3,(H,24,25,26). The lowest BCUT2D eigenvalue weighted by atomic mass is 10.1. The maximum Gasteiger partial charge on any atom is 0.227 e. The molecule has 1 N–H and O–H groups in total. The zero-order valence-corrected chi connectivity index (χ0v) is 18.1. The summed E-state index contributed by atoms with van der Waals surface area (Å²) in [6.07, 6.45) is 2.83. The minimum Gasteiger partial charge on any atom is -0.497 e. The van der Waals surface area contributed by atoms with Crippen LogP contribution in [0.25, 0.3) is 0 Å². The first-order chi connectivity index (χ1) is 14.1. The molecule has 0 amide bonds. The highest BCUT2D eigenvalue weighted by molar-refractivity contribution is 9.10. The van der Waals surface area contributed by atoms with E-state index in [1.165, 1.54) is 11.1 Å². The minimum atomic E-state index is 0.583. The highest BCUT2D eigenvalue weighted by Gasteiger charge is 2.19. The van der Waals surface area contributed by atoms with Crippen LogP contribution in [-0.4, -0.2) is 35.6 Å². The van der Waals surface area contributed by atoms with Crippen LogP contribution < -0.4 is 14.8 Å². The van der Waals surface area contributed by atoms with Gasteiger partial charge in [-0.05, 0) is 17.7 Å². The number of nitrogens with one attached hydrogen (secondary N) is 1. The van der Waals surface area contributed by atoms with Gasteiger partial charge in [-0.2, -0.15) is 0 Å². The number of anilines is 2. The van der Waals surface area contributed by atoms with Crippen LogP contribution in [-0.2, 0) is 19.5 Å². The van der Waals surface area contributed by atoms with Gasteiger partial charge in [-0.15, -0.1) is 0 Å². The lowest BCUT2D eigenvalue weighted by molar-refractivity contribution is 0.243. The average Bonchev–Trinajstić information content (AvgIpc) is 2.73. The van der Waals surface area contributed by atoms with Crippen LogP contribution in [0, 0.1) is 0 Å². The van der Waals surface area contributed by atoms with Gasteiger partial charge in [0.1, 0.15) is 11.5 Å². The van der Waals surface area contributed by atoms with Crippen molar-refractivity contribution in [2.75, 3.05) is 26.1 Å². The van der Waals surface area contributed by atoms with Gasteiger partial charge < -0.3 is 14.8 Å². The predicted octanol–water partition coefficient (Wildman–Crippen LogP) is 4.56. The quantitative estimate of drug-likeness (QED) is 0.588. The number of hydrogen-bond donors (Lipinski definition) is 1. The summed E-state index contributed by atoms with van der Waals surface area (Å²) in [5, 5.41) is 3.26. The molecule has 0 unspecified atom stereocenters. The number of benzene rings is 2. The number of aromatic nitrogens is 2. The molecule has 29 heavy (non-hydrogen) atoms. The molecule has 6 nitrogen and oxygen atoms in total. The third-order valence-corrected chi connectivity index (χ3v) is 5.41. The van der Waals surface area contributed by atoms with Gasteiger partial charge >= 0.3 is 0 Å². The van der Waals surface area contributed by atoms with Crippen molar-refractivity contribution in [2.45, 2.75) is 19.5 Å². The number of ether oxygens (including phenoxy) is 2. The summed E-state index contributed by atoms with van der Waals surface area (Å²) >= 11 is 3.54. The molecule has 0 aliphatic carbocycles. The number of methoxy groups -OCH3 is 2. The molecule has 4 rings (SSSR count). The van der Waals surface area contributed by atoms with Crippen molar-refractivity contribution in [2.24, 2.45) is 0 Å². The second-order valence-corrected chi connectivity index (χ2v) is 7.90. The van der Waals surface area contributed by atoms with Crippen LogP contribution in [0.3, 0.4) is 0 Å². The van der Waals surface area contributed by atoms with Gasteiger partial charge in [0.05, 0.1) is 19.9 Å². The van der Waals surface area contributed by atoms with E-state index in [9.17, 15) is 0 Å². The fraction of sp³-hybridized carbons (Fsp3) is 0.273. The van der Waals surface area contributed by atoms with E-state index in [-0.39, 0.29) is 0 Å². The molecule has 0 saturated carbocycles. The van der Waals surface area contributed by atoms with E-state index in [4.69, 9.17) is 14.5 Å². The van der Waals surface area contributed by atoms with Crippen LogP contribution in [0.5, 0.6) is 11.5 Å². The Bertz CT molecular complexity index is 990. The first-order valence-electron chi connectivity index (χ1n) is 9.44. The van der Waals surface area contributed by atoms with E-state index in [0.717, 1.165) is 41.9 Å². The highest BCUT2D eigenvalue weighted by Crippen LogP contribution is 2.28. The Morgan fingerprint density at radius 1 is 1.10 bits per heavy atom. The van der Waals surface area contributed by atoms with E-state index in [2.05, 4.69) is 55.4 Å². The zero-order chi connectivity index (χ0) is 20.2. The van der Waals surface area contributed by atoms with Gasteiger partial charge in [0, 0.05) is 66.2 Å². The Morgan fingerprint density at radius 2 is 1.90 bits per heavy atom. The van der Waals surface area contributed by atoms with E-state index >= 15 is 0 Å². The van der Waals surface area contributed by atoms with Gasteiger partial charge in [0.25, 0.3) is 0 Å². The van der Waals surface area contributed by atoms with E-state index in [0.29, 0.717) is 17.4 Å². The molecule has 1 aromatic heterocycles. The van der Waals surface area contributed by atoms with Crippen LogP contribution in [0.4, 0.5) is 11.6 Å². The number of halogens is 1. The first kappa shape index (κ1) is 19.7. The topological polar surface area (TPSA) is 59.5 Å². The Balaban J connectivity index is 1.46. The molecule has 1 aliphatic rings. The van der Waals surface area contributed by atoms with Crippen molar-refractivity contribution < 1.29 is 9.47 Å². The molecule has 2 aromatic carbocycles. The maximum absolute atomic E-state index is 5.32. The minimum absolute atomic E-state index is 0.583. The Kier molecular flexibility index (Phi) is 5.97. The Labute approximate surface area is 179 Å². The Hall–Kier alpha value is -2.64. The van der Waals surface area contributed by atoms with Crippen molar-refractivity contribution in [3.05, 3.63) is 70.0 Å². The second kappa shape index (κ2) is 8.80. The number of rotatable bonds is 6. The highest BCUT2D eigenvalue weighted by atomic mass is 79.9. The molecule has 0 bridgehead atoms. The van der Waals surface area contributed by atoms with E-state index in [1.54, 1.807) is 14.2 Å². The smallest absolute Gasteiger partial charge is 0.227 e. The molecule has 2 heterocycles. The van der Waals surface area contributed by atoms with Gasteiger partial charge in [0.2, 0.25) is 5.95 Å². The molecule has 0 spiro atoms. The average molecular weight is 455 g/mol. The number of fused-ring (bicyclic) bond motifs is 1. The van der Waals surface area contributed by atoms with Crippen molar-refractivity contribution in [3.63, 3.8) is 0 Å². The van der Waals surface area contributed by atoms with Gasteiger partial charge in [-0.1, -0.05) is 28.1 Å². The zero-order valence-electron chi connectivity index (χ0n) is 16.5. The van der Waals surface area contributed by atoms with Crippen molar-refractivity contribution in [3.8, 4) is 11.5 Å². The van der Waals surface area contributed by atoms with Crippen LogP contribution in [0.15, 0.2) is 53.1 Å². The summed E-state index contributed by atoms with van der Waals surface area (Å²) in [6.45, 7) is 2.75. The molecule has 3 aromatic rings. The summed E-state index contributed by atoms with van der Waals surface area (Å²) in [7, 11) is 3.27. The third kappa shape index (κ3) is 4.86. The lowest BCUT2D eigenvalue weighted by Gasteiger charge is -2.28. The predicted molar refractivity (Wildman–Crippen MR) is 117 cm³/mol. The van der Waals surface area contributed by atoms with Gasteiger partial charge in [-0.3, -0.25) is 4.90 Å². The van der Waals surface area contributed by atoms with E-state index < -0.39 is 0 Å². The van der Waals surface area contributed by atoms with Crippen molar-refractivity contribution >= 4 is 27.6 Å². The molecule has 1 aliphatic heterocycles. The van der Waals surface area contributed by atoms with Gasteiger partial charge in [-0.25, -0.2) is 9.97 Å². The normalized spacial score (nSPS) is 13.6. The molecule has 0 fully saturated rings. The largest absolute Gasteiger partial charge is 0.497 e. The van der Waals surface area contributed by atoms with Crippen molar-refractivity contribution in [1.82, 2.24) is 14.9 Å². The lowest BCUT2D eigenvalue weighted by Crippen LogP contribution is -2.31. The fourth-order valence-corrected chi connectivity index (χ4v) is 3.92. The molecule has 0 saturated heterocycles. The van der Waals surface area contributed by atoms with Crippen LogP contribution in [0.2, 0.25) is 0 Å². The molecule has 0 atom stereocenters. The van der Waals surface area contributed by atoms with Gasteiger partial charge in [0.15, 0.2) is 0 Å². The summed E-state index contributed by atoms with van der Waals surface area (Å²) in [5.74, 6) is 2.01. The summed E-state index contributed by atoms with van der Waals surface area (Å²) in [4.78, 5) is 11.7. The molecular weight excluding hydrogens is 432 g/mol. The Morgan fingerprint density at radius 3 is 2.62 bits per heavy atom. The van der Waals surface area contributed by atoms with Crippen LogP contribution in [0.1, 0.15) is 16.8 Å². The molecule has 0 radical (unpaired) electrons. The summed E-state index contributed by atoms with van der Waals surface area (Å²) < 4.78 is 11.8. The molecule has 150 valence electrons.